The first-order valence-corrected chi connectivity index (χ1v) is 16.8. The van der Waals surface area contributed by atoms with Gasteiger partial charge in [-0.2, -0.15) is 0 Å². The number of hydrogen-bond donors (Lipinski definition) is 0. The van der Waals surface area contributed by atoms with E-state index in [1.807, 2.05) is 0 Å². The second-order valence-electron chi connectivity index (χ2n) is 13.6. The molecule has 1 aromatic rings. The van der Waals surface area contributed by atoms with Gasteiger partial charge in [0.15, 0.2) is 0 Å². The van der Waals surface area contributed by atoms with Crippen molar-refractivity contribution in [2.75, 3.05) is 0 Å². The molecule has 4 rings (SSSR count). The molecule has 0 heteroatoms. The molecule has 0 N–H and O–H groups in total. The lowest BCUT2D eigenvalue weighted by Gasteiger charge is -2.32. The Morgan fingerprint density at radius 1 is 0.472 bits per heavy atom. The minimum absolute atomic E-state index is 0.836. The molecular formula is C36H60. The molecule has 0 aliphatic heterocycles. The molecule has 36 heavy (non-hydrogen) atoms. The molecule has 3 aliphatic rings. The quantitative estimate of drug-likeness (QED) is 0.257. The molecule has 0 atom stereocenters. The molecule has 3 aliphatic carbocycles. The summed E-state index contributed by atoms with van der Waals surface area (Å²) in [5.41, 5.74) is 3.22. The van der Waals surface area contributed by atoms with Gasteiger partial charge in [0.2, 0.25) is 0 Å². The fraction of sp³-hybridized carbons (Fsp3) is 0.833. The summed E-state index contributed by atoms with van der Waals surface area (Å²) in [6.45, 7) is 4.68. The average Bonchev–Trinajstić information content (AvgIpc) is 2.94. The highest BCUT2D eigenvalue weighted by molar-refractivity contribution is 5.26. The van der Waals surface area contributed by atoms with E-state index in [0.717, 1.165) is 35.5 Å². The van der Waals surface area contributed by atoms with Crippen LogP contribution >= 0.6 is 0 Å². The Labute approximate surface area is 225 Å². The number of hydrogen-bond acceptors (Lipinski definition) is 0. The Balaban J connectivity index is 1.07. The van der Waals surface area contributed by atoms with E-state index in [1.54, 1.807) is 49.7 Å². The lowest BCUT2D eigenvalue weighted by molar-refractivity contribution is 0.209. The van der Waals surface area contributed by atoms with Crippen molar-refractivity contribution in [3.8, 4) is 0 Å². The first kappa shape index (κ1) is 28.2. The second kappa shape index (κ2) is 15.6. The lowest BCUT2D eigenvalue weighted by atomic mass is 9.74. The summed E-state index contributed by atoms with van der Waals surface area (Å²) >= 11 is 0. The highest BCUT2D eigenvalue weighted by Gasteiger charge is 2.25. The summed E-state index contributed by atoms with van der Waals surface area (Å²) in [6, 6.07) is 9.92. The Morgan fingerprint density at radius 3 is 1.31 bits per heavy atom. The zero-order valence-electron chi connectivity index (χ0n) is 24.3. The maximum absolute atomic E-state index is 2.49. The second-order valence-corrected chi connectivity index (χ2v) is 13.6. The average molecular weight is 493 g/mol. The van der Waals surface area contributed by atoms with Crippen molar-refractivity contribution < 1.29 is 0 Å². The maximum atomic E-state index is 2.49. The van der Waals surface area contributed by atoms with Crippen LogP contribution in [-0.2, 0) is 6.42 Å². The lowest BCUT2D eigenvalue weighted by Crippen LogP contribution is -2.18. The van der Waals surface area contributed by atoms with Crippen LogP contribution in [0.2, 0.25) is 0 Å². The molecular weight excluding hydrogens is 432 g/mol. The molecule has 204 valence electrons. The molecule has 0 radical (unpaired) electrons. The van der Waals surface area contributed by atoms with Gasteiger partial charge in [0.25, 0.3) is 0 Å². The fourth-order valence-corrected chi connectivity index (χ4v) is 8.19. The highest BCUT2D eigenvalue weighted by Crippen LogP contribution is 2.40. The normalized spacial score (nSPS) is 31.4. The third-order valence-corrected chi connectivity index (χ3v) is 11.0. The van der Waals surface area contributed by atoms with Crippen LogP contribution in [0.1, 0.15) is 166 Å². The fourth-order valence-electron chi connectivity index (χ4n) is 8.19. The van der Waals surface area contributed by atoms with Crippen LogP contribution in [0, 0.1) is 29.6 Å². The van der Waals surface area contributed by atoms with Gasteiger partial charge in [-0.3, -0.25) is 0 Å². The van der Waals surface area contributed by atoms with Crippen molar-refractivity contribution in [1.82, 2.24) is 0 Å². The van der Waals surface area contributed by atoms with Gasteiger partial charge in [-0.25, -0.2) is 0 Å². The largest absolute Gasteiger partial charge is 0.0654 e. The van der Waals surface area contributed by atoms with Gasteiger partial charge in [0.1, 0.15) is 0 Å². The van der Waals surface area contributed by atoms with E-state index in [1.165, 1.54) is 103 Å². The maximum Gasteiger partial charge on any atom is -0.0162 e. The predicted octanol–water partition coefficient (Wildman–Crippen LogP) is 11.7. The Hall–Kier alpha value is -0.780. The van der Waals surface area contributed by atoms with Crippen LogP contribution in [0.15, 0.2) is 24.3 Å². The van der Waals surface area contributed by atoms with Crippen LogP contribution < -0.4 is 0 Å². The van der Waals surface area contributed by atoms with E-state index in [0.29, 0.717) is 0 Å². The van der Waals surface area contributed by atoms with Crippen LogP contribution in [0.5, 0.6) is 0 Å². The van der Waals surface area contributed by atoms with Gasteiger partial charge in [-0.05, 0) is 85.2 Å². The molecule has 3 fully saturated rings. The Bertz CT molecular complexity index is 677. The molecule has 0 nitrogen and oxygen atoms in total. The number of unbranched alkanes of at least 4 members (excludes halogenated alkanes) is 2. The van der Waals surface area contributed by atoms with Crippen molar-refractivity contribution in [1.29, 1.82) is 0 Å². The summed E-state index contributed by atoms with van der Waals surface area (Å²) < 4.78 is 0. The van der Waals surface area contributed by atoms with Crippen molar-refractivity contribution in [2.24, 2.45) is 29.6 Å². The third-order valence-electron chi connectivity index (χ3n) is 11.0. The first-order chi connectivity index (χ1) is 17.7. The minimum Gasteiger partial charge on any atom is -0.0654 e. The molecule has 0 unspecified atom stereocenters. The summed E-state index contributed by atoms with van der Waals surface area (Å²) in [4.78, 5) is 0. The first-order valence-electron chi connectivity index (χ1n) is 16.8. The third kappa shape index (κ3) is 9.20. The summed E-state index contributed by atoms with van der Waals surface area (Å²) in [5.74, 6) is 6.04. The monoisotopic (exact) mass is 492 g/mol. The van der Waals surface area contributed by atoms with Crippen LogP contribution in [-0.4, -0.2) is 0 Å². The van der Waals surface area contributed by atoms with Gasteiger partial charge >= 0.3 is 0 Å². The van der Waals surface area contributed by atoms with Crippen LogP contribution in [0.3, 0.4) is 0 Å². The molecule has 1 aromatic carbocycles. The molecule has 0 spiro atoms. The van der Waals surface area contributed by atoms with Gasteiger partial charge < -0.3 is 0 Å². The molecule has 3 saturated carbocycles. The molecule has 0 amide bonds. The molecule has 0 saturated heterocycles. The number of aryl methyl sites for hydroxylation is 1. The molecule has 0 aromatic heterocycles. The SMILES string of the molecule is CCCCC1CCC(CCC2CCC(CCc3ccc(C4CCC(CCCC)CC4)cc3)CC2)CC1. The zero-order valence-corrected chi connectivity index (χ0v) is 24.3. The van der Waals surface area contributed by atoms with E-state index < -0.39 is 0 Å². The smallest absolute Gasteiger partial charge is 0.0162 e. The number of benzene rings is 1. The van der Waals surface area contributed by atoms with Gasteiger partial charge in [-0.15, -0.1) is 0 Å². The van der Waals surface area contributed by atoms with E-state index in [4.69, 9.17) is 0 Å². The van der Waals surface area contributed by atoms with Gasteiger partial charge in [0, 0.05) is 0 Å². The zero-order chi connectivity index (χ0) is 25.0. The predicted molar refractivity (Wildman–Crippen MR) is 159 cm³/mol. The summed E-state index contributed by atoms with van der Waals surface area (Å²) in [7, 11) is 0. The van der Waals surface area contributed by atoms with Gasteiger partial charge in [-0.1, -0.05) is 141 Å². The number of rotatable bonds is 13. The molecule has 0 heterocycles. The van der Waals surface area contributed by atoms with Crippen molar-refractivity contribution in [3.63, 3.8) is 0 Å². The van der Waals surface area contributed by atoms with E-state index in [2.05, 4.69) is 38.1 Å². The van der Waals surface area contributed by atoms with E-state index >= 15 is 0 Å². The minimum atomic E-state index is 0.836. The highest BCUT2D eigenvalue weighted by atomic mass is 14.3. The van der Waals surface area contributed by atoms with E-state index in [-0.39, 0.29) is 0 Å². The van der Waals surface area contributed by atoms with E-state index in [9.17, 15) is 0 Å². The van der Waals surface area contributed by atoms with Crippen LogP contribution in [0.4, 0.5) is 0 Å². The molecule has 0 bridgehead atoms. The summed E-state index contributed by atoms with van der Waals surface area (Å²) in [6.07, 6.45) is 32.5. The Kier molecular flexibility index (Phi) is 12.2. The standard InChI is InChI=1S/C36H60/c1-3-5-7-29-9-11-31(12-10-29)13-14-32-15-17-33(18-16-32)19-20-34-23-27-36(28-24-34)35-25-21-30(22-26-35)8-6-4-2/h23-24,27-33,35H,3-22,25-26H2,1-2H3. The van der Waals surface area contributed by atoms with Crippen molar-refractivity contribution in [3.05, 3.63) is 35.4 Å². The van der Waals surface area contributed by atoms with Gasteiger partial charge in [0.05, 0.1) is 0 Å². The van der Waals surface area contributed by atoms with Crippen LogP contribution in [0.25, 0.3) is 0 Å². The van der Waals surface area contributed by atoms with Crippen molar-refractivity contribution in [2.45, 2.75) is 161 Å². The topological polar surface area (TPSA) is 0 Å². The van der Waals surface area contributed by atoms with Crippen molar-refractivity contribution >= 4 is 0 Å². The Morgan fingerprint density at radius 2 is 0.861 bits per heavy atom. The summed E-state index contributed by atoms with van der Waals surface area (Å²) in [5, 5.41) is 0.